The van der Waals surface area contributed by atoms with Crippen molar-refractivity contribution >= 4 is 0 Å². The minimum absolute atomic E-state index is 0.0933. The Balaban J connectivity index is 1.94. The fourth-order valence-electron chi connectivity index (χ4n) is 3.43. The highest BCUT2D eigenvalue weighted by molar-refractivity contribution is 5.29. The lowest BCUT2D eigenvalue weighted by Crippen LogP contribution is -2.46. The summed E-state index contributed by atoms with van der Waals surface area (Å²) in [5.74, 6) is -1.99. The van der Waals surface area contributed by atoms with E-state index in [1.54, 1.807) is 6.92 Å². The Morgan fingerprint density at radius 3 is 2.39 bits per heavy atom. The fraction of sp³-hybridized carbons (Fsp3) is 0.688. The Hall–Kier alpha value is -1.79. The van der Waals surface area contributed by atoms with Gasteiger partial charge in [-0.05, 0) is 40.5 Å². The Labute approximate surface area is 133 Å². The molecule has 2 atom stereocenters. The number of hydrogen-bond donors (Lipinski definition) is 0. The van der Waals surface area contributed by atoms with Gasteiger partial charge in [-0.25, -0.2) is 8.78 Å². The van der Waals surface area contributed by atoms with Crippen molar-refractivity contribution in [2.24, 2.45) is 0 Å². The van der Waals surface area contributed by atoms with Crippen molar-refractivity contribution in [2.75, 3.05) is 0 Å². The zero-order valence-electron chi connectivity index (χ0n) is 13.8. The van der Waals surface area contributed by atoms with E-state index in [-0.39, 0.29) is 18.2 Å². The summed E-state index contributed by atoms with van der Waals surface area (Å²) >= 11 is 0. The number of aryl methyl sites for hydroxylation is 2. The molecule has 0 N–H and O–H groups in total. The number of nitrogens with zero attached hydrogens (tertiary/aromatic N) is 3. The molecule has 3 rings (SSSR count). The van der Waals surface area contributed by atoms with Gasteiger partial charge in [0.05, 0.1) is 17.0 Å². The maximum atomic E-state index is 14.4. The van der Waals surface area contributed by atoms with Crippen molar-refractivity contribution in [3.63, 3.8) is 0 Å². The lowest BCUT2D eigenvalue weighted by molar-refractivity contribution is -0.104. The van der Waals surface area contributed by atoms with Crippen LogP contribution in [0.1, 0.15) is 74.2 Å². The lowest BCUT2D eigenvalue weighted by atomic mass is 9.72. The predicted octanol–water partition coefficient (Wildman–Crippen LogP) is 4.29. The Bertz CT molecular complexity index is 690. The molecular formula is C16H21F2N3O2. The first-order valence-corrected chi connectivity index (χ1v) is 7.91. The van der Waals surface area contributed by atoms with Crippen LogP contribution in [-0.4, -0.2) is 21.2 Å². The van der Waals surface area contributed by atoms with Gasteiger partial charge in [0.1, 0.15) is 5.76 Å². The lowest BCUT2D eigenvalue weighted by Gasteiger charge is -2.38. The second kappa shape index (κ2) is 5.39. The summed E-state index contributed by atoms with van der Waals surface area (Å²) in [5.41, 5.74) is 0.232. The van der Waals surface area contributed by atoms with E-state index < -0.39 is 11.3 Å². The van der Waals surface area contributed by atoms with Crippen LogP contribution in [0.15, 0.2) is 9.05 Å². The van der Waals surface area contributed by atoms with Crippen molar-refractivity contribution in [1.29, 1.82) is 0 Å². The molecule has 0 aliphatic heterocycles. The van der Waals surface area contributed by atoms with E-state index >= 15 is 0 Å². The molecule has 1 fully saturated rings. The third kappa shape index (κ3) is 2.46. The third-order valence-corrected chi connectivity index (χ3v) is 5.05. The van der Waals surface area contributed by atoms with Crippen LogP contribution in [0, 0.1) is 13.8 Å². The fourth-order valence-corrected chi connectivity index (χ4v) is 3.43. The average Bonchev–Trinajstić information content (AvgIpc) is 3.09. The molecule has 0 spiro atoms. The molecule has 0 bridgehead atoms. The normalized spacial score (nSPS) is 25.5. The maximum Gasteiger partial charge on any atom is 0.260 e. The molecule has 0 radical (unpaired) electrons. The molecule has 2 aromatic rings. The van der Waals surface area contributed by atoms with E-state index in [9.17, 15) is 8.78 Å². The molecule has 1 saturated carbocycles. The number of hydrogen-bond acceptors (Lipinski definition) is 5. The zero-order chi connectivity index (χ0) is 16.8. The first kappa shape index (κ1) is 16.1. The van der Waals surface area contributed by atoms with Crippen molar-refractivity contribution in [3.05, 3.63) is 28.7 Å². The summed E-state index contributed by atoms with van der Waals surface area (Å²) in [4.78, 5) is 4.31. The Morgan fingerprint density at radius 2 is 1.78 bits per heavy atom. The van der Waals surface area contributed by atoms with Crippen LogP contribution in [0.4, 0.5) is 8.78 Å². The van der Waals surface area contributed by atoms with Gasteiger partial charge < -0.3 is 9.05 Å². The molecule has 0 amide bonds. The van der Waals surface area contributed by atoms with Gasteiger partial charge in [0.15, 0.2) is 5.82 Å². The van der Waals surface area contributed by atoms with Gasteiger partial charge in [-0.3, -0.25) is 0 Å². The molecule has 0 saturated heterocycles. The Kier molecular flexibility index (Phi) is 3.77. The minimum Gasteiger partial charge on any atom is -0.361 e. The van der Waals surface area contributed by atoms with Crippen molar-refractivity contribution in [1.82, 2.24) is 15.3 Å². The summed E-state index contributed by atoms with van der Waals surface area (Å²) in [5, 5.41) is 7.79. The average molecular weight is 325 g/mol. The van der Waals surface area contributed by atoms with E-state index in [0.29, 0.717) is 24.5 Å². The van der Waals surface area contributed by atoms with Crippen LogP contribution in [-0.2, 0) is 5.41 Å². The molecular weight excluding hydrogens is 304 g/mol. The van der Waals surface area contributed by atoms with Crippen molar-refractivity contribution in [3.8, 4) is 0 Å². The van der Waals surface area contributed by atoms with Crippen LogP contribution >= 0.6 is 0 Å². The van der Waals surface area contributed by atoms with Gasteiger partial charge in [-0.15, -0.1) is 0 Å². The molecule has 126 valence electrons. The summed E-state index contributed by atoms with van der Waals surface area (Å²) in [6.45, 7) is 7.04. The molecule has 23 heavy (non-hydrogen) atoms. The summed E-state index contributed by atoms with van der Waals surface area (Å²) in [6.07, 6.45) is 1.50. The standard InChI is InChI=1S/C16H21F2N3O2/c1-9(12-10(2)20-22-11(12)3)13-19-14(21-23-13)15(4)7-5-6-8-16(15,17)18/h9H,5-8H2,1-4H3. The van der Waals surface area contributed by atoms with Crippen molar-refractivity contribution < 1.29 is 17.8 Å². The second-order valence-electron chi connectivity index (χ2n) is 6.66. The van der Waals surface area contributed by atoms with Gasteiger partial charge in [0.25, 0.3) is 5.92 Å². The molecule has 5 nitrogen and oxygen atoms in total. The number of halogens is 2. The first-order chi connectivity index (χ1) is 10.8. The quantitative estimate of drug-likeness (QED) is 0.842. The SMILES string of the molecule is Cc1noc(C)c1C(C)c1nc(C2(C)CCCCC2(F)F)no1. The number of aromatic nitrogens is 3. The highest BCUT2D eigenvalue weighted by atomic mass is 19.3. The van der Waals surface area contributed by atoms with Crippen LogP contribution in [0.2, 0.25) is 0 Å². The van der Waals surface area contributed by atoms with Crippen LogP contribution in [0.3, 0.4) is 0 Å². The largest absolute Gasteiger partial charge is 0.361 e. The monoisotopic (exact) mass is 325 g/mol. The van der Waals surface area contributed by atoms with E-state index in [4.69, 9.17) is 9.05 Å². The molecule has 2 aromatic heterocycles. The van der Waals surface area contributed by atoms with E-state index in [1.807, 2.05) is 13.8 Å². The van der Waals surface area contributed by atoms with E-state index in [1.165, 1.54) is 6.92 Å². The smallest absolute Gasteiger partial charge is 0.260 e. The maximum absolute atomic E-state index is 14.4. The van der Waals surface area contributed by atoms with Gasteiger partial charge in [0, 0.05) is 12.0 Å². The minimum atomic E-state index is -2.82. The summed E-state index contributed by atoms with van der Waals surface area (Å²) in [7, 11) is 0. The predicted molar refractivity (Wildman–Crippen MR) is 78.6 cm³/mol. The van der Waals surface area contributed by atoms with Gasteiger partial charge in [0.2, 0.25) is 5.89 Å². The van der Waals surface area contributed by atoms with Crippen molar-refractivity contribution in [2.45, 2.75) is 70.6 Å². The van der Waals surface area contributed by atoms with E-state index in [0.717, 1.165) is 17.7 Å². The zero-order valence-corrected chi connectivity index (χ0v) is 13.8. The first-order valence-electron chi connectivity index (χ1n) is 7.91. The Morgan fingerprint density at radius 1 is 1.09 bits per heavy atom. The van der Waals surface area contributed by atoms with Crippen LogP contribution < -0.4 is 0 Å². The topological polar surface area (TPSA) is 65.0 Å². The third-order valence-electron chi connectivity index (χ3n) is 5.05. The summed E-state index contributed by atoms with van der Waals surface area (Å²) < 4.78 is 39.3. The van der Waals surface area contributed by atoms with Crippen LogP contribution in [0.5, 0.6) is 0 Å². The molecule has 2 unspecified atom stereocenters. The molecule has 1 aliphatic rings. The second-order valence-corrected chi connectivity index (χ2v) is 6.66. The highest BCUT2D eigenvalue weighted by Crippen LogP contribution is 2.49. The summed E-state index contributed by atoms with van der Waals surface area (Å²) in [6, 6.07) is 0. The molecule has 0 aromatic carbocycles. The number of alkyl halides is 2. The highest BCUT2D eigenvalue weighted by Gasteiger charge is 2.55. The van der Waals surface area contributed by atoms with Crippen LogP contribution in [0.25, 0.3) is 0 Å². The molecule has 7 heteroatoms. The van der Waals surface area contributed by atoms with Gasteiger partial charge >= 0.3 is 0 Å². The molecule has 2 heterocycles. The number of rotatable bonds is 3. The van der Waals surface area contributed by atoms with Gasteiger partial charge in [-0.1, -0.05) is 16.7 Å². The molecule has 1 aliphatic carbocycles. The van der Waals surface area contributed by atoms with Gasteiger partial charge in [-0.2, -0.15) is 4.98 Å². The van der Waals surface area contributed by atoms with E-state index in [2.05, 4.69) is 15.3 Å².